The average Bonchev–Trinajstić information content (AvgIpc) is 2.38. The first-order chi connectivity index (χ1) is 7.90. The summed E-state index contributed by atoms with van der Waals surface area (Å²) < 4.78 is 10.8. The minimum Gasteiger partial charge on any atom is -0.381 e. The van der Waals surface area contributed by atoms with E-state index in [0.29, 0.717) is 12.5 Å². The van der Waals surface area contributed by atoms with E-state index >= 15 is 0 Å². The molecule has 0 bridgehead atoms. The molecule has 16 heavy (non-hydrogen) atoms. The van der Waals surface area contributed by atoms with E-state index in [1.165, 1.54) is 11.1 Å². The second-order valence-electron chi connectivity index (χ2n) is 4.15. The predicted octanol–water partition coefficient (Wildman–Crippen LogP) is 2.51. The van der Waals surface area contributed by atoms with Crippen LogP contribution in [0.3, 0.4) is 0 Å². The van der Waals surface area contributed by atoms with E-state index in [0.717, 1.165) is 32.7 Å². The molecular weight excluding hydrogens is 202 g/mol. The Bertz CT molecular complexity index is 321. The van der Waals surface area contributed by atoms with Crippen molar-refractivity contribution in [1.82, 2.24) is 4.98 Å². The quantitative estimate of drug-likeness (QED) is 0.783. The number of hydrogen-bond donors (Lipinski definition) is 0. The Kier molecular flexibility index (Phi) is 4.31. The van der Waals surface area contributed by atoms with Gasteiger partial charge >= 0.3 is 0 Å². The fourth-order valence-electron chi connectivity index (χ4n) is 2.06. The van der Waals surface area contributed by atoms with Crippen LogP contribution >= 0.6 is 0 Å². The van der Waals surface area contributed by atoms with Gasteiger partial charge in [0.25, 0.3) is 0 Å². The number of hydrogen-bond acceptors (Lipinski definition) is 3. The predicted molar refractivity (Wildman–Crippen MR) is 62.4 cm³/mol. The first kappa shape index (κ1) is 11.6. The van der Waals surface area contributed by atoms with Gasteiger partial charge in [0.2, 0.25) is 0 Å². The van der Waals surface area contributed by atoms with E-state index in [9.17, 15) is 0 Å². The third-order valence-electron chi connectivity index (χ3n) is 2.98. The van der Waals surface area contributed by atoms with Crippen molar-refractivity contribution in [3.05, 3.63) is 29.6 Å². The average molecular weight is 221 g/mol. The molecule has 0 radical (unpaired) electrons. The molecule has 1 aromatic heterocycles. The summed E-state index contributed by atoms with van der Waals surface area (Å²) in [6.45, 7) is 5.18. The molecular formula is C13H19NO2. The van der Waals surface area contributed by atoms with Gasteiger partial charge in [-0.2, -0.15) is 0 Å². The molecule has 1 aliphatic rings. The molecule has 0 atom stereocenters. The summed E-state index contributed by atoms with van der Waals surface area (Å²) in [5.41, 5.74) is 2.51. The Labute approximate surface area is 96.8 Å². The first-order valence-corrected chi connectivity index (χ1v) is 5.99. The maximum atomic E-state index is 5.40. The van der Waals surface area contributed by atoms with Gasteiger partial charge in [0.1, 0.15) is 0 Å². The van der Waals surface area contributed by atoms with Crippen LogP contribution in [-0.4, -0.2) is 24.8 Å². The molecule has 3 heteroatoms. The lowest BCUT2D eigenvalue weighted by molar-refractivity contribution is 0.0851. The van der Waals surface area contributed by atoms with Crippen molar-refractivity contribution in [2.45, 2.75) is 32.3 Å². The second kappa shape index (κ2) is 5.97. The highest BCUT2D eigenvalue weighted by Gasteiger charge is 2.16. The fourth-order valence-corrected chi connectivity index (χ4v) is 2.06. The van der Waals surface area contributed by atoms with E-state index < -0.39 is 0 Å². The van der Waals surface area contributed by atoms with Gasteiger partial charge in [-0.25, -0.2) is 0 Å². The van der Waals surface area contributed by atoms with Crippen LogP contribution in [0.4, 0.5) is 0 Å². The third kappa shape index (κ3) is 3.03. The standard InChI is InChI=1S/C13H19NO2/c1-2-15-10-11-7-13(9-14-8-11)12-3-5-16-6-4-12/h7-9,12H,2-6,10H2,1H3. The number of pyridine rings is 1. The molecule has 1 saturated heterocycles. The highest BCUT2D eigenvalue weighted by Crippen LogP contribution is 2.26. The van der Waals surface area contributed by atoms with Crippen LogP contribution in [-0.2, 0) is 16.1 Å². The van der Waals surface area contributed by atoms with Gasteiger partial charge in [-0.3, -0.25) is 4.98 Å². The molecule has 88 valence electrons. The molecule has 0 N–H and O–H groups in total. The van der Waals surface area contributed by atoms with Gasteiger partial charge < -0.3 is 9.47 Å². The maximum Gasteiger partial charge on any atom is 0.0731 e. The minimum absolute atomic E-state index is 0.614. The Morgan fingerprint density at radius 1 is 1.38 bits per heavy atom. The Balaban J connectivity index is 2.02. The molecule has 0 aliphatic carbocycles. The fraction of sp³-hybridized carbons (Fsp3) is 0.615. The smallest absolute Gasteiger partial charge is 0.0731 e. The highest BCUT2D eigenvalue weighted by atomic mass is 16.5. The summed E-state index contributed by atoms with van der Waals surface area (Å²) in [4.78, 5) is 4.29. The molecule has 1 fully saturated rings. The van der Waals surface area contributed by atoms with Gasteiger partial charge in [-0.1, -0.05) is 6.07 Å². The van der Waals surface area contributed by atoms with Crippen molar-refractivity contribution >= 4 is 0 Å². The molecule has 3 nitrogen and oxygen atoms in total. The van der Waals surface area contributed by atoms with Crippen molar-refractivity contribution in [1.29, 1.82) is 0 Å². The van der Waals surface area contributed by atoms with Crippen LogP contribution in [0, 0.1) is 0 Å². The van der Waals surface area contributed by atoms with Gasteiger partial charge in [-0.05, 0) is 36.8 Å². The zero-order valence-corrected chi connectivity index (χ0v) is 9.82. The van der Waals surface area contributed by atoms with Crippen molar-refractivity contribution in [2.75, 3.05) is 19.8 Å². The zero-order chi connectivity index (χ0) is 11.2. The molecule has 0 spiro atoms. The van der Waals surface area contributed by atoms with Gasteiger partial charge in [0, 0.05) is 32.2 Å². The van der Waals surface area contributed by atoms with Crippen molar-refractivity contribution in [2.24, 2.45) is 0 Å². The minimum atomic E-state index is 0.614. The molecule has 0 saturated carbocycles. The lowest BCUT2D eigenvalue weighted by Crippen LogP contribution is -2.14. The zero-order valence-electron chi connectivity index (χ0n) is 9.82. The summed E-state index contributed by atoms with van der Waals surface area (Å²) in [5.74, 6) is 0.614. The number of aromatic nitrogens is 1. The van der Waals surface area contributed by atoms with E-state index in [4.69, 9.17) is 9.47 Å². The Hall–Kier alpha value is -0.930. The van der Waals surface area contributed by atoms with Gasteiger partial charge in [0.15, 0.2) is 0 Å². The molecule has 0 amide bonds. The summed E-state index contributed by atoms with van der Waals surface area (Å²) in [6.07, 6.45) is 6.09. The molecule has 1 aromatic rings. The lowest BCUT2D eigenvalue weighted by atomic mass is 9.92. The molecule has 0 unspecified atom stereocenters. The second-order valence-corrected chi connectivity index (χ2v) is 4.15. The van der Waals surface area contributed by atoms with Crippen molar-refractivity contribution < 1.29 is 9.47 Å². The topological polar surface area (TPSA) is 31.4 Å². The highest BCUT2D eigenvalue weighted by molar-refractivity contribution is 5.21. The van der Waals surface area contributed by atoms with Crippen LogP contribution in [0.1, 0.15) is 36.8 Å². The van der Waals surface area contributed by atoms with E-state index in [2.05, 4.69) is 11.1 Å². The van der Waals surface area contributed by atoms with Gasteiger partial charge in [-0.15, -0.1) is 0 Å². The van der Waals surface area contributed by atoms with E-state index in [1.54, 1.807) is 0 Å². The van der Waals surface area contributed by atoms with Crippen molar-refractivity contribution in [3.8, 4) is 0 Å². The summed E-state index contributed by atoms with van der Waals surface area (Å²) in [7, 11) is 0. The monoisotopic (exact) mass is 221 g/mol. The maximum absolute atomic E-state index is 5.40. The Morgan fingerprint density at radius 2 is 2.19 bits per heavy atom. The summed E-state index contributed by atoms with van der Waals surface area (Å²) in [6, 6.07) is 2.22. The van der Waals surface area contributed by atoms with E-state index in [1.807, 2.05) is 19.3 Å². The van der Waals surface area contributed by atoms with Gasteiger partial charge in [0.05, 0.1) is 6.61 Å². The van der Waals surface area contributed by atoms with Crippen LogP contribution in [0.25, 0.3) is 0 Å². The largest absolute Gasteiger partial charge is 0.381 e. The SMILES string of the molecule is CCOCc1cncc(C2CCOCC2)c1. The molecule has 0 aromatic carbocycles. The molecule has 2 heterocycles. The third-order valence-corrected chi connectivity index (χ3v) is 2.98. The Morgan fingerprint density at radius 3 is 2.94 bits per heavy atom. The molecule has 1 aliphatic heterocycles. The van der Waals surface area contributed by atoms with E-state index in [-0.39, 0.29) is 0 Å². The van der Waals surface area contributed by atoms with Crippen molar-refractivity contribution in [3.63, 3.8) is 0 Å². The molecule has 2 rings (SSSR count). The van der Waals surface area contributed by atoms with Crippen LogP contribution < -0.4 is 0 Å². The number of rotatable bonds is 4. The lowest BCUT2D eigenvalue weighted by Gasteiger charge is -2.22. The van der Waals surface area contributed by atoms with Crippen LogP contribution in [0.5, 0.6) is 0 Å². The normalized spacial score (nSPS) is 17.6. The summed E-state index contributed by atoms with van der Waals surface area (Å²) >= 11 is 0. The number of ether oxygens (including phenoxy) is 2. The summed E-state index contributed by atoms with van der Waals surface area (Å²) in [5, 5.41) is 0. The first-order valence-electron chi connectivity index (χ1n) is 5.99. The number of nitrogens with zero attached hydrogens (tertiary/aromatic N) is 1. The van der Waals surface area contributed by atoms with Crippen LogP contribution in [0.2, 0.25) is 0 Å². The van der Waals surface area contributed by atoms with Crippen LogP contribution in [0.15, 0.2) is 18.5 Å².